The van der Waals surface area contributed by atoms with Gasteiger partial charge in [-0.15, -0.1) is 0 Å². The summed E-state index contributed by atoms with van der Waals surface area (Å²) in [5.41, 5.74) is 6.87. The first-order chi connectivity index (χ1) is 7.41. The molecule has 1 saturated heterocycles. The largest absolute Gasteiger partial charge is 0.324 e. The van der Waals surface area contributed by atoms with Crippen LogP contribution in [-0.4, -0.2) is 54.1 Å². The minimum atomic E-state index is 0.117. The second-order valence-corrected chi connectivity index (χ2v) is 6.51. The molecule has 3 heteroatoms. The normalized spacial score (nSPS) is 30.8. The second-order valence-electron chi connectivity index (χ2n) is 6.51. The molecule has 2 rings (SSSR count). The number of rotatable bonds is 2. The van der Waals surface area contributed by atoms with E-state index in [4.69, 9.17) is 5.73 Å². The lowest BCUT2D eigenvalue weighted by molar-refractivity contribution is 0.0290. The van der Waals surface area contributed by atoms with E-state index in [2.05, 4.69) is 30.7 Å². The van der Waals surface area contributed by atoms with Crippen molar-refractivity contribution in [3.63, 3.8) is 0 Å². The Bertz CT molecular complexity index is 244. The molecular formula is C13H27N3. The van der Waals surface area contributed by atoms with Crippen LogP contribution in [-0.2, 0) is 0 Å². The van der Waals surface area contributed by atoms with Crippen LogP contribution in [0.5, 0.6) is 0 Å². The van der Waals surface area contributed by atoms with E-state index in [1.54, 1.807) is 0 Å². The number of hydrogen-bond donors (Lipinski definition) is 1. The first-order valence-corrected chi connectivity index (χ1v) is 6.64. The fourth-order valence-corrected chi connectivity index (χ4v) is 3.16. The molecular weight excluding hydrogens is 198 g/mol. The van der Waals surface area contributed by atoms with Gasteiger partial charge in [-0.25, -0.2) is 0 Å². The third-order valence-electron chi connectivity index (χ3n) is 4.53. The zero-order valence-corrected chi connectivity index (χ0v) is 11.1. The number of piperazine rings is 1. The minimum Gasteiger partial charge on any atom is -0.324 e. The topological polar surface area (TPSA) is 32.5 Å². The van der Waals surface area contributed by atoms with Crippen LogP contribution in [0.25, 0.3) is 0 Å². The van der Waals surface area contributed by atoms with Crippen LogP contribution in [0.4, 0.5) is 0 Å². The zero-order valence-electron chi connectivity index (χ0n) is 11.1. The summed E-state index contributed by atoms with van der Waals surface area (Å²) in [5.74, 6) is 0. The Kier molecular flexibility index (Phi) is 3.30. The Morgan fingerprint density at radius 3 is 2.31 bits per heavy atom. The first-order valence-electron chi connectivity index (χ1n) is 6.64. The van der Waals surface area contributed by atoms with Gasteiger partial charge in [-0.1, -0.05) is 12.8 Å². The summed E-state index contributed by atoms with van der Waals surface area (Å²) in [7, 11) is 2.23. The average molecular weight is 225 g/mol. The molecule has 1 aliphatic heterocycles. The average Bonchev–Trinajstić information content (AvgIpc) is 2.58. The minimum absolute atomic E-state index is 0.117. The Labute approximate surface area is 100.0 Å². The van der Waals surface area contributed by atoms with E-state index in [-0.39, 0.29) is 5.54 Å². The molecule has 16 heavy (non-hydrogen) atoms. The van der Waals surface area contributed by atoms with Gasteiger partial charge >= 0.3 is 0 Å². The Balaban J connectivity index is 1.91. The lowest BCUT2D eigenvalue weighted by atomic mass is 9.94. The molecule has 0 aromatic heterocycles. The number of hydrogen-bond acceptors (Lipinski definition) is 3. The van der Waals surface area contributed by atoms with E-state index in [1.807, 2.05) is 0 Å². The van der Waals surface area contributed by atoms with E-state index in [0.29, 0.717) is 5.54 Å². The number of nitrogens with zero attached hydrogens (tertiary/aromatic N) is 2. The van der Waals surface area contributed by atoms with Gasteiger partial charge in [0.25, 0.3) is 0 Å². The fraction of sp³-hybridized carbons (Fsp3) is 1.00. The summed E-state index contributed by atoms with van der Waals surface area (Å²) in [6.07, 6.45) is 5.10. The van der Waals surface area contributed by atoms with E-state index in [1.165, 1.54) is 38.8 Å². The smallest absolute Gasteiger partial charge is 0.0283 e. The lowest BCUT2D eigenvalue weighted by Gasteiger charge is -2.47. The van der Waals surface area contributed by atoms with Crippen molar-refractivity contribution >= 4 is 0 Å². The van der Waals surface area contributed by atoms with Crippen LogP contribution in [0.3, 0.4) is 0 Å². The molecule has 0 spiro atoms. The molecule has 0 aromatic carbocycles. The van der Waals surface area contributed by atoms with Crippen LogP contribution in [0, 0.1) is 0 Å². The highest BCUT2D eigenvalue weighted by Crippen LogP contribution is 2.29. The van der Waals surface area contributed by atoms with Crippen LogP contribution in [0.2, 0.25) is 0 Å². The maximum Gasteiger partial charge on any atom is 0.0283 e. The quantitative estimate of drug-likeness (QED) is 0.768. The third-order valence-corrected chi connectivity index (χ3v) is 4.53. The third kappa shape index (κ3) is 2.58. The first kappa shape index (κ1) is 12.3. The zero-order chi connectivity index (χ0) is 11.8. The molecule has 94 valence electrons. The Hall–Kier alpha value is -0.120. The van der Waals surface area contributed by atoms with E-state index in [0.717, 1.165) is 13.1 Å². The fourth-order valence-electron chi connectivity index (χ4n) is 3.16. The molecule has 3 nitrogen and oxygen atoms in total. The molecule has 0 unspecified atom stereocenters. The van der Waals surface area contributed by atoms with E-state index in [9.17, 15) is 0 Å². The molecule has 1 saturated carbocycles. The molecule has 1 heterocycles. The summed E-state index contributed by atoms with van der Waals surface area (Å²) in [5, 5.41) is 0. The predicted molar refractivity (Wildman–Crippen MR) is 68.5 cm³/mol. The summed E-state index contributed by atoms with van der Waals surface area (Å²) >= 11 is 0. The maximum atomic E-state index is 6.46. The summed E-state index contributed by atoms with van der Waals surface area (Å²) < 4.78 is 0. The molecule has 0 radical (unpaired) electrons. The molecule has 2 aliphatic rings. The highest BCUT2D eigenvalue weighted by Gasteiger charge is 2.36. The summed E-state index contributed by atoms with van der Waals surface area (Å²) in [4.78, 5) is 5.03. The van der Waals surface area contributed by atoms with Crippen molar-refractivity contribution in [2.24, 2.45) is 5.73 Å². The van der Waals surface area contributed by atoms with Crippen molar-refractivity contribution in [2.45, 2.75) is 50.6 Å². The van der Waals surface area contributed by atoms with Gasteiger partial charge in [-0.3, -0.25) is 9.80 Å². The second kappa shape index (κ2) is 4.28. The number of nitrogens with two attached hydrogens (primary N) is 1. The van der Waals surface area contributed by atoms with Crippen LogP contribution in [0.1, 0.15) is 39.5 Å². The highest BCUT2D eigenvalue weighted by molar-refractivity contribution is 4.96. The van der Waals surface area contributed by atoms with Gasteiger partial charge in [0.1, 0.15) is 0 Å². The monoisotopic (exact) mass is 225 g/mol. The highest BCUT2D eigenvalue weighted by atomic mass is 15.3. The molecule has 0 aromatic rings. The van der Waals surface area contributed by atoms with Crippen molar-refractivity contribution in [2.75, 3.05) is 33.2 Å². The van der Waals surface area contributed by atoms with Crippen LogP contribution >= 0.6 is 0 Å². The number of likely N-dealkylation sites (N-methyl/N-ethyl adjacent to an activating group) is 1. The van der Waals surface area contributed by atoms with Gasteiger partial charge in [0.05, 0.1) is 0 Å². The molecule has 0 bridgehead atoms. The van der Waals surface area contributed by atoms with Gasteiger partial charge in [0, 0.05) is 37.3 Å². The van der Waals surface area contributed by atoms with Gasteiger partial charge in [-0.05, 0) is 33.7 Å². The SMILES string of the molecule is CN1CCN(CC2(N)CCCC2)CC1(C)C. The molecule has 0 atom stereocenters. The van der Waals surface area contributed by atoms with E-state index >= 15 is 0 Å². The molecule has 2 fully saturated rings. The van der Waals surface area contributed by atoms with Crippen LogP contribution in [0.15, 0.2) is 0 Å². The van der Waals surface area contributed by atoms with Crippen LogP contribution < -0.4 is 5.73 Å². The van der Waals surface area contributed by atoms with E-state index < -0.39 is 0 Å². The maximum absolute atomic E-state index is 6.46. The van der Waals surface area contributed by atoms with Gasteiger partial charge in [-0.2, -0.15) is 0 Å². The Morgan fingerprint density at radius 1 is 1.12 bits per heavy atom. The molecule has 2 N–H and O–H groups in total. The standard InChI is InChI=1S/C13H27N3/c1-12(2)10-16(9-8-15(12)3)11-13(14)6-4-5-7-13/h4-11,14H2,1-3H3. The van der Waals surface area contributed by atoms with Gasteiger partial charge < -0.3 is 5.73 Å². The molecule has 0 amide bonds. The summed E-state index contributed by atoms with van der Waals surface area (Å²) in [6, 6.07) is 0. The summed E-state index contributed by atoms with van der Waals surface area (Å²) in [6.45, 7) is 9.27. The lowest BCUT2D eigenvalue weighted by Crippen LogP contribution is -2.61. The Morgan fingerprint density at radius 2 is 1.75 bits per heavy atom. The predicted octanol–water partition coefficient (Wildman–Crippen LogP) is 1.28. The molecule has 1 aliphatic carbocycles. The van der Waals surface area contributed by atoms with Crippen molar-refractivity contribution in [1.29, 1.82) is 0 Å². The van der Waals surface area contributed by atoms with Crippen molar-refractivity contribution in [1.82, 2.24) is 9.80 Å². The van der Waals surface area contributed by atoms with Crippen molar-refractivity contribution < 1.29 is 0 Å². The van der Waals surface area contributed by atoms with Crippen molar-refractivity contribution in [3.05, 3.63) is 0 Å². The van der Waals surface area contributed by atoms with Gasteiger partial charge in [0.2, 0.25) is 0 Å². The van der Waals surface area contributed by atoms with Gasteiger partial charge in [0.15, 0.2) is 0 Å². The van der Waals surface area contributed by atoms with Crippen molar-refractivity contribution in [3.8, 4) is 0 Å².